The first-order chi connectivity index (χ1) is 14.4. The van der Waals surface area contributed by atoms with Gasteiger partial charge in [0.1, 0.15) is 0 Å². The number of likely N-dealkylation sites (N-methyl/N-ethyl adjacent to an activating group) is 1. The molecule has 6 nitrogen and oxygen atoms in total. The third-order valence-electron chi connectivity index (χ3n) is 5.58. The van der Waals surface area contributed by atoms with Gasteiger partial charge in [0.05, 0.1) is 26.2 Å². The SMILES string of the molecule is C[C@H](C(=O)N(C)Cc1ccccc1)[NH+]1CCN(S(=O)(=O)/C=C/c2ccccc2)CC1. The number of sulfonamides is 1. The van der Waals surface area contributed by atoms with Crippen LogP contribution in [0.25, 0.3) is 6.08 Å². The molecule has 1 heterocycles. The number of piperazine rings is 1. The highest BCUT2D eigenvalue weighted by Crippen LogP contribution is 2.09. The van der Waals surface area contributed by atoms with Crippen LogP contribution in [0.1, 0.15) is 18.1 Å². The Bertz CT molecular complexity index is 954. The minimum Gasteiger partial charge on any atom is -0.336 e. The summed E-state index contributed by atoms with van der Waals surface area (Å²) in [5.41, 5.74) is 1.95. The summed E-state index contributed by atoms with van der Waals surface area (Å²) in [6.45, 7) is 4.56. The topological polar surface area (TPSA) is 62.1 Å². The number of hydrogen-bond acceptors (Lipinski definition) is 3. The molecule has 0 aliphatic carbocycles. The molecule has 2 aromatic carbocycles. The number of carbonyl (C=O) groups is 1. The second-order valence-electron chi connectivity index (χ2n) is 7.72. The number of nitrogens with one attached hydrogen (secondary N) is 1. The summed E-state index contributed by atoms with van der Waals surface area (Å²) in [6, 6.07) is 19.1. The number of benzene rings is 2. The van der Waals surface area contributed by atoms with Crippen LogP contribution in [0.4, 0.5) is 0 Å². The van der Waals surface area contributed by atoms with Gasteiger partial charge in [0.25, 0.3) is 5.91 Å². The van der Waals surface area contributed by atoms with Crippen molar-refractivity contribution in [3.8, 4) is 0 Å². The smallest absolute Gasteiger partial charge is 0.280 e. The third kappa shape index (κ3) is 5.78. The molecule has 7 heteroatoms. The fourth-order valence-electron chi connectivity index (χ4n) is 3.72. The van der Waals surface area contributed by atoms with Crippen LogP contribution < -0.4 is 4.90 Å². The van der Waals surface area contributed by atoms with Gasteiger partial charge in [0.15, 0.2) is 6.04 Å². The van der Waals surface area contributed by atoms with Gasteiger partial charge in [-0.3, -0.25) is 4.79 Å². The van der Waals surface area contributed by atoms with Crippen LogP contribution in [0.3, 0.4) is 0 Å². The Morgan fingerprint density at radius 1 is 1.07 bits per heavy atom. The molecule has 2 aromatic rings. The lowest BCUT2D eigenvalue weighted by atomic mass is 10.2. The second kappa shape index (κ2) is 10.0. The number of rotatable bonds is 7. The molecule has 3 rings (SSSR count). The molecular formula is C23H30N3O3S+. The number of nitrogens with zero attached hydrogens (tertiary/aromatic N) is 2. The van der Waals surface area contributed by atoms with E-state index in [-0.39, 0.29) is 11.9 Å². The maximum absolute atomic E-state index is 12.8. The average Bonchev–Trinajstić information content (AvgIpc) is 2.78. The second-order valence-corrected chi connectivity index (χ2v) is 9.54. The molecule has 0 aromatic heterocycles. The number of amides is 1. The summed E-state index contributed by atoms with van der Waals surface area (Å²) in [5, 5.41) is 1.27. The molecule has 1 saturated heterocycles. The van der Waals surface area contributed by atoms with Crippen molar-refractivity contribution in [1.29, 1.82) is 0 Å². The molecule has 0 radical (unpaired) electrons. The lowest BCUT2D eigenvalue weighted by molar-refractivity contribution is -0.918. The van der Waals surface area contributed by atoms with E-state index < -0.39 is 10.0 Å². The fourth-order valence-corrected chi connectivity index (χ4v) is 4.91. The Hall–Kier alpha value is -2.48. The zero-order valence-electron chi connectivity index (χ0n) is 17.6. The largest absolute Gasteiger partial charge is 0.336 e. The summed E-state index contributed by atoms with van der Waals surface area (Å²) in [5.74, 6) is 0.0779. The molecule has 160 valence electrons. The fraction of sp³-hybridized carbons (Fsp3) is 0.348. The number of quaternary nitrogens is 1. The van der Waals surface area contributed by atoms with Crippen molar-refractivity contribution in [2.24, 2.45) is 0 Å². The normalized spacial score (nSPS) is 17.1. The predicted molar refractivity (Wildman–Crippen MR) is 119 cm³/mol. The maximum atomic E-state index is 12.8. The van der Waals surface area contributed by atoms with Crippen molar-refractivity contribution in [3.05, 3.63) is 77.2 Å². The molecule has 1 N–H and O–H groups in total. The lowest BCUT2D eigenvalue weighted by Crippen LogP contribution is -3.19. The highest BCUT2D eigenvalue weighted by Gasteiger charge is 2.33. The molecule has 1 amide bonds. The monoisotopic (exact) mass is 428 g/mol. The van der Waals surface area contributed by atoms with E-state index in [1.54, 1.807) is 11.0 Å². The molecule has 0 saturated carbocycles. The molecular weight excluding hydrogens is 398 g/mol. The van der Waals surface area contributed by atoms with E-state index >= 15 is 0 Å². The summed E-state index contributed by atoms with van der Waals surface area (Å²) in [6.07, 6.45) is 1.62. The van der Waals surface area contributed by atoms with Crippen molar-refractivity contribution in [2.75, 3.05) is 33.2 Å². The van der Waals surface area contributed by atoms with Gasteiger partial charge in [-0.2, -0.15) is 4.31 Å². The van der Waals surface area contributed by atoms with Gasteiger partial charge in [-0.25, -0.2) is 8.42 Å². The van der Waals surface area contributed by atoms with E-state index in [1.165, 1.54) is 9.71 Å². The van der Waals surface area contributed by atoms with Crippen molar-refractivity contribution < 1.29 is 18.1 Å². The molecule has 1 fully saturated rings. The first-order valence-electron chi connectivity index (χ1n) is 10.2. The standard InChI is InChI=1S/C23H29N3O3S/c1-20(23(27)24(2)19-22-11-7-4-8-12-22)25-14-16-26(17-15-25)30(28,29)18-13-21-9-5-3-6-10-21/h3-13,18,20H,14-17,19H2,1-2H3/p+1/b18-13+/t20-/m1/s1. The molecule has 0 bridgehead atoms. The van der Waals surface area contributed by atoms with Gasteiger partial charge in [0, 0.05) is 19.0 Å². The molecule has 1 atom stereocenters. The first kappa shape index (κ1) is 22.2. The van der Waals surface area contributed by atoms with Crippen LogP contribution in [0, 0.1) is 0 Å². The van der Waals surface area contributed by atoms with E-state index in [9.17, 15) is 13.2 Å². The van der Waals surface area contributed by atoms with Crippen LogP contribution in [0.15, 0.2) is 66.1 Å². The molecule has 30 heavy (non-hydrogen) atoms. The summed E-state index contributed by atoms with van der Waals surface area (Å²) < 4.78 is 26.8. The number of carbonyl (C=O) groups excluding carboxylic acids is 1. The van der Waals surface area contributed by atoms with E-state index in [0.717, 1.165) is 16.0 Å². The zero-order valence-corrected chi connectivity index (χ0v) is 18.4. The van der Waals surface area contributed by atoms with Crippen LogP contribution in [0.5, 0.6) is 0 Å². The molecule has 1 aliphatic rings. The summed E-state index contributed by atoms with van der Waals surface area (Å²) >= 11 is 0. The Balaban J connectivity index is 1.54. The summed E-state index contributed by atoms with van der Waals surface area (Å²) in [7, 11) is -1.64. The van der Waals surface area contributed by atoms with Gasteiger partial charge in [0.2, 0.25) is 10.0 Å². The van der Waals surface area contributed by atoms with Gasteiger partial charge in [-0.15, -0.1) is 0 Å². The minimum absolute atomic E-state index is 0.0779. The van der Waals surface area contributed by atoms with Crippen LogP contribution in [-0.4, -0.2) is 62.8 Å². The molecule has 0 spiro atoms. The Labute approximate surface area is 179 Å². The highest BCUT2D eigenvalue weighted by atomic mass is 32.2. The molecule has 1 aliphatic heterocycles. The number of hydrogen-bond donors (Lipinski definition) is 1. The van der Waals surface area contributed by atoms with E-state index in [2.05, 4.69) is 0 Å². The van der Waals surface area contributed by atoms with Crippen molar-refractivity contribution >= 4 is 22.0 Å². The molecule has 0 unspecified atom stereocenters. The van der Waals surface area contributed by atoms with Crippen molar-refractivity contribution in [2.45, 2.75) is 19.5 Å². The van der Waals surface area contributed by atoms with E-state index in [1.807, 2.05) is 74.6 Å². The van der Waals surface area contributed by atoms with E-state index in [0.29, 0.717) is 32.7 Å². The maximum Gasteiger partial charge on any atom is 0.280 e. The first-order valence-corrected chi connectivity index (χ1v) is 11.7. The Morgan fingerprint density at radius 3 is 2.23 bits per heavy atom. The van der Waals surface area contributed by atoms with Crippen molar-refractivity contribution in [3.63, 3.8) is 0 Å². The van der Waals surface area contributed by atoms with Crippen molar-refractivity contribution in [1.82, 2.24) is 9.21 Å². The average molecular weight is 429 g/mol. The van der Waals surface area contributed by atoms with Crippen LogP contribution in [-0.2, 0) is 21.4 Å². The van der Waals surface area contributed by atoms with Gasteiger partial charge in [-0.1, -0.05) is 60.7 Å². The van der Waals surface area contributed by atoms with Crippen LogP contribution >= 0.6 is 0 Å². The third-order valence-corrected chi connectivity index (χ3v) is 7.14. The minimum atomic E-state index is -3.46. The highest BCUT2D eigenvalue weighted by molar-refractivity contribution is 7.92. The van der Waals surface area contributed by atoms with Gasteiger partial charge in [-0.05, 0) is 24.1 Å². The van der Waals surface area contributed by atoms with Gasteiger partial charge < -0.3 is 9.80 Å². The van der Waals surface area contributed by atoms with Crippen LogP contribution in [0.2, 0.25) is 0 Å². The Morgan fingerprint density at radius 2 is 1.63 bits per heavy atom. The quantitative estimate of drug-likeness (QED) is 0.722. The summed E-state index contributed by atoms with van der Waals surface area (Å²) in [4.78, 5) is 15.7. The van der Waals surface area contributed by atoms with Gasteiger partial charge >= 0.3 is 0 Å². The predicted octanol–water partition coefficient (Wildman–Crippen LogP) is 1.23. The Kier molecular flexibility index (Phi) is 7.42. The lowest BCUT2D eigenvalue weighted by Gasteiger charge is -2.35. The zero-order chi connectivity index (χ0) is 21.6. The van der Waals surface area contributed by atoms with E-state index in [4.69, 9.17) is 0 Å².